The summed E-state index contributed by atoms with van der Waals surface area (Å²) in [4.78, 5) is 20.2. The monoisotopic (exact) mass is 319 g/mol. The molecule has 0 spiro atoms. The Morgan fingerprint density at radius 3 is 2.79 bits per heavy atom. The Balaban J connectivity index is 1.87. The third kappa shape index (κ3) is 2.25. The average Bonchev–Trinajstić information content (AvgIpc) is 3.00. The second kappa shape index (κ2) is 5.53. The van der Waals surface area contributed by atoms with Gasteiger partial charge in [-0.25, -0.2) is 4.39 Å². The molecule has 0 saturated carbocycles. The summed E-state index contributed by atoms with van der Waals surface area (Å²) in [6, 6.07) is 12.4. The summed E-state index contributed by atoms with van der Waals surface area (Å²) in [6.07, 6.45) is 3.53. The van der Waals surface area contributed by atoms with Crippen LogP contribution < -0.4 is 0 Å². The summed E-state index contributed by atoms with van der Waals surface area (Å²) in [5.74, 6) is -0.343. The third-order valence-corrected chi connectivity index (χ3v) is 4.14. The largest absolute Gasteiger partial charge is 0.315 e. The van der Waals surface area contributed by atoms with Gasteiger partial charge in [0.15, 0.2) is 5.78 Å². The molecule has 24 heavy (non-hydrogen) atoms. The van der Waals surface area contributed by atoms with Gasteiger partial charge in [0.1, 0.15) is 11.5 Å². The SMILES string of the molecule is CC(=O)c1ccc(C2=NCc3c(F)cccc3-n3cccc32)cn1. The van der Waals surface area contributed by atoms with Gasteiger partial charge >= 0.3 is 0 Å². The van der Waals surface area contributed by atoms with E-state index < -0.39 is 0 Å². The average molecular weight is 319 g/mol. The highest BCUT2D eigenvalue weighted by Gasteiger charge is 2.20. The van der Waals surface area contributed by atoms with Gasteiger partial charge < -0.3 is 4.57 Å². The molecule has 0 fully saturated rings. The van der Waals surface area contributed by atoms with E-state index in [0.29, 0.717) is 11.3 Å². The number of benzene rings is 1. The lowest BCUT2D eigenvalue weighted by molar-refractivity contribution is 0.101. The maximum Gasteiger partial charge on any atom is 0.178 e. The number of hydrogen-bond donors (Lipinski definition) is 0. The van der Waals surface area contributed by atoms with Gasteiger partial charge in [-0.05, 0) is 36.4 Å². The van der Waals surface area contributed by atoms with Crippen LogP contribution in [0, 0.1) is 5.82 Å². The zero-order valence-electron chi connectivity index (χ0n) is 13.0. The quantitative estimate of drug-likeness (QED) is 0.678. The molecule has 1 aromatic carbocycles. The fourth-order valence-corrected chi connectivity index (χ4v) is 2.93. The van der Waals surface area contributed by atoms with Crippen molar-refractivity contribution in [2.45, 2.75) is 13.5 Å². The van der Waals surface area contributed by atoms with E-state index in [1.807, 2.05) is 35.0 Å². The number of aliphatic imine (C=N–C) groups is 1. The lowest BCUT2D eigenvalue weighted by Gasteiger charge is -2.11. The number of nitrogens with zero attached hydrogens (tertiary/aromatic N) is 3. The Morgan fingerprint density at radius 1 is 1.17 bits per heavy atom. The first-order valence-electron chi connectivity index (χ1n) is 7.62. The molecule has 3 aromatic rings. The molecule has 0 aliphatic carbocycles. The summed E-state index contributed by atoms with van der Waals surface area (Å²) in [5.41, 5.74) is 4.18. The highest BCUT2D eigenvalue weighted by molar-refractivity contribution is 6.12. The summed E-state index contributed by atoms with van der Waals surface area (Å²) in [5, 5.41) is 0. The highest BCUT2D eigenvalue weighted by atomic mass is 19.1. The van der Waals surface area contributed by atoms with Crippen LogP contribution in [0.15, 0.2) is 59.9 Å². The van der Waals surface area contributed by atoms with Crippen LogP contribution in [0.3, 0.4) is 0 Å². The number of aromatic nitrogens is 2. The molecule has 4 rings (SSSR count). The Morgan fingerprint density at radius 2 is 2.04 bits per heavy atom. The Bertz CT molecular complexity index is 971. The van der Waals surface area contributed by atoms with E-state index >= 15 is 0 Å². The number of halogens is 1. The van der Waals surface area contributed by atoms with Crippen LogP contribution in [0.2, 0.25) is 0 Å². The van der Waals surface area contributed by atoms with Crippen molar-refractivity contribution in [2.75, 3.05) is 0 Å². The number of Topliss-reactive ketones (excluding diaryl/α,β-unsaturated/α-hetero) is 1. The van der Waals surface area contributed by atoms with Crippen molar-refractivity contribution in [3.05, 3.63) is 83.2 Å². The molecular formula is C19H14FN3O. The van der Waals surface area contributed by atoms with Gasteiger partial charge in [0.05, 0.1) is 23.6 Å². The van der Waals surface area contributed by atoms with E-state index in [0.717, 1.165) is 22.7 Å². The van der Waals surface area contributed by atoms with Gasteiger partial charge in [-0.3, -0.25) is 14.8 Å². The smallest absolute Gasteiger partial charge is 0.178 e. The predicted molar refractivity (Wildman–Crippen MR) is 89.3 cm³/mol. The molecule has 1 aliphatic heterocycles. The molecule has 0 unspecified atom stereocenters. The highest BCUT2D eigenvalue weighted by Crippen LogP contribution is 2.26. The number of hydrogen-bond acceptors (Lipinski definition) is 3. The number of carbonyl (C=O) groups excluding carboxylic acids is 1. The second-order valence-corrected chi connectivity index (χ2v) is 5.65. The molecule has 0 bridgehead atoms. The molecule has 0 atom stereocenters. The molecule has 0 radical (unpaired) electrons. The minimum Gasteiger partial charge on any atom is -0.315 e. The van der Waals surface area contributed by atoms with Crippen LogP contribution >= 0.6 is 0 Å². The number of carbonyl (C=O) groups is 1. The van der Waals surface area contributed by atoms with Crippen LogP contribution in [0.4, 0.5) is 4.39 Å². The van der Waals surface area contributed by atoms with Crippen LogP contribution in [-0.4, -0.2) is 21.0 Å². The first kappa shape index (κ1) is 14.5. The van der Waals surface area contributed by atoms with Crippen molar-refractivity contribution in [3.8, 4) is 5.69 Å². The van der Waals surface area contributed by atoms with Crippen LogP contribution in [0.5, 0.6) is 0 Å². The van der Waals surface area contributed by atoms with Gasteiger partial charge in [-0.15, -0.1) is 0 Å². The van der Waals surface area contributed by atoms with Gasteiger partial charge in [-0.1, -0.05) is 6.07 Å². The topological polar surface area (TPSA) is 47.2 Å². The normalized spacial score (nSPS) is 12.8. The lowest BCUT2D eigenvalue weighted by atomic mass is 10.1. The minimum absolute atomic E-state index is 0.0813. The zero-order valence-corrected chi connectivity index (χ0v) is 13.0. The first-order chi connectivity index (χ1) is 11.6. The van der Waals surface area contributed by atoms with E-state index in [1.165, 1.54) is 13.0 Å². The van der Waals surface area contributed by atoms with Crippen LogP contribution in [-0.2, 0) is 6.54 Å². The van der Waals surface area contributed by atoms with Crippen LogP contribution in [0.25, 0.3) is 5.69 Å². The van der Waals surface area contributed by atoms with Crippen LogP contribution in [0.1, 0.15) is 34.2 Å². The van der Waals surface area contributed by atoms with Crippen molar-refractivity contribution in [1.82, 2.24) is 9.55 Å². The van der Waals surface area contributed by atoms with Gasteiger partial charge in [0.2, 0.25) is 0 Å². The Labute approximate surface area is 138 Å². The maximum absolute atomic E-state index is 14.2. The molecule has 118 valence electrons. The molecule has 5 heteroatoms. The van der Waals surface area contributed by atoms with E-state index in [1.54, 1.807) is 18.3 Å². The molecule has 1 aliphatic rings. The van der Waals surface area contributed by atoms with E-state index in [4.69, 9.17) is 0 Å². The lowest BCUT2D eigenvalue weighted by Crippen LogP contribution is -2.09. The summed E-state index contributed by atoms with van der Waals surface area (Å²) < 4.78 is 16.1. The van der Waals surface area contributed by atoms with E-state index in [-0.39, 0.29) is 18.1 Å². The summed E-state index contributed by atoms with van der Waals surface area (Å²) in [7, 11) is 0. The van der Waals surface area contributed by atoms with Gasteiger partial charge in [0, 0.05) is 30.4 Å². The van der Waals surface area contributed by atoms with Gasteiger partial charge in [-0.2, -0.15) is 0 Å². The zero-order chi connectivity index (χ0) is 16.7. The van der Waals surface area contributed by atoms with Crippen molar-refractivity contribution in [3.63, 3.8) is 0 Å². The molecule has 3 heterocycles. The number of fused-ring (bicyclic) bond motifs is 3. The molecular weight excluding hydrogens is 305 g/mol. The van der Waals surface area contributed by atoms with Gasteiger partial charge in [0.25, 0.3) is 0 Å². The minimum atomic E-state index is -0.262. The van der Waals surface area contributed by atoms with Crippen molar-refractivity contribution in [1.29, 1.82) is 0 Å². The Kier molecular flexibility index (Phi) is 3.34. The Hall–Kier alpha value is -3.08. The third-order valence-electron chi connectivity index (χ3n) is 4.14. The van der Waals surface area contributed by atoms with Crippen molar-refractivity contribution in [2.24, 2.45) is 4.99 Å². The number of ketones is 1. The summed E-state index contributed by atoms with van der Waals surface area (Å²) in [6.45, 7) is 1.74. The fraction of sp³-hybridized carbons (Fsp3) is 0.105. The molecule has 0 saturated heterocycles. The summed E-state index contributed by atoms with van der Waals surface area (Å²) >= 11 is 0. The first-order valence-corrected chi connectivity index (χ1v) is 7.62. The molecule has 0 N–H and O–H groups in total. The predicted octanol–water partition coefficient (Wildman–Crippen LogP) is 3.57. The maximum atomic E-state index is 14.2. The standard InChI is InChI=1S/C19H14FN3O/c1-12(24)16-8-7-13(10-21-16)19-18-6-3-9-23(18)17-5-2-4-15(20)14(17)11-22-19/h2-10H,11H2,1H3. The number of pyridine rings is 1. The van der Waals surface area contributed by atoms with Crippen molar-refractivity contribution >= 4 is 11.5 Å². The number of rotatable bonds is 2. The second-order valence-electron chi connectivity index (χ2n) is 5.65. The van der Waals surface area contributed by atoms with E-state index in [9.17, 15) is 9.18 Å². The fourth-order valence-electron chi connectivity index (χ4n) is 2.93. The molecule has 0 amide bonds. The van der Waals surface area contributed by atoms with E-state index in [2.05, 4.69) is 9.98 Å². The van der Waals surface area contributed by atoms with Crippen molar-refractivity contribution < 1.29 is 9.18 Å². The molecule has 4 nitrogen and oxygen atoms in total. The molecule has 2 aromatic heterocycles.